The van der Waals surface area contributed by atoms with Gasteiger partial charge in [-0.2, -0.15) is 9.97 Å². The average Bonchev–Trinajstić information content (AvgIpc) is 3.21. The van der Waals surface area contributed by atoms with Gasteiger partial charge in [0.1, 0.15) is 11.3 Å². The van der Waals surface area contributed by atoms with E-state index in [1.165, 1.54) is 6.33 Å². The number of aromatic amines is 1. The highest BCUT2D eigenvalue weighted by molar-refractivity contribution is 5.83. The summed E-state index contributed by atoms with van der Waals surface area (Å²) in [7, 11) is 0. The average molecular weight is 414 g/mol. The monoisotopic (exact) mass is 414 g/mol. The van der Waals surface area contributed by atoms with Crippen LogP contribution < -0.4 is 16.6 Å². The summed E-state index contributed by atoms with van der Waals surface area (Å²) >= 11 is 0. The SMILES string of the molecule is Cc1ccccc1-n1c(CNc2nc(N)nc3nc[nH]c23)nc2c(c1=O)C(C)CC=C2. The Kier molecular flexibility index (Phi) is 4.50. The number of aromatic nitrogens is 6. The third-order valence-corrected chi connectivity index (χ3v) is 5.55. The van der Waals surface area contributed by atoms with Crippen molar-refractivity contribution in [1.29, 1.82) is 0 Å². The van der Waals surface area contributed by atoms with Crippen molar-refractivity contribution in [3.63, 3.8) is 0 Å². The first kappa shape index (κ1) is 19.0. The number of aryl methyl sites for hydroxylation is 1. The third kappa shape index (κ3) is 3.24. The van der Waals surface area contributed by atoms with Gasteiger partial charge in [-0.15, -0.1) is 0 Å². The standard InChI is InChI=1S/C22H22N8O/c1-12-6-3-4-9-15(12)30-16(27-14-8-5-7-13(2)17(14)21(30)31)10-24-19-18-20(26-11-25-18)29-22(23)28-19/h3-6,8-9,11,13H,7,10H2,1-2H3,(H4,23,24,25,26,28,29). The number of allylic oxidation sites excluding steroid dienone is 1. The molecular weight excluding hydrogens is 392 g/mol. The van der Waals surface area contributed by atoms with E-state index in [-0.39, 0.29) is 24.0 Å². The van der Waals surface area contributed by atoms with E-state index in [0.717, 1.165) is 28.9 Å². The lowest BCUT2D eigenvalue weighted by Gasteiger charge is -2.22. The predicted molar refractivity (Wildman–Crippen MR) is 120 cm³/mol. The number of imidazole rings is 1. The molecule has 9 nitrogen and oxygen atoms in total. The molecule has 0 spiro atoms. The van der Waals surface area contributed by atoms with Crippen LogP contribution in [0.2, 0.25) is 0 Å². The largest absolute Gasteiger partial charge is 0.368 e. The van der Waals surface area contributed by atoms with Crippen molar-refractivity contribution in [3.8, 4) is 5.69 Å². The summed E-state index contributed by atoms with van der Waals surface area (Å²) < 4.78 is 1.70. The van der Waals surface area contributed by atoms with Gasteiger partial charge in [0.25, 0.3) is 5.56 Å². The van der Waals surface area contributed by atoms with Crippen LogP contribution in [0.25, 0.3) is 22.9 Å². The molecule has 3 aromatic heterocycles. The Bertz CT molecular complexity index is 1380. The quantitative estimate of drug-likeness (QED) is 0.468. The normalized spacial score (nSPS) is 15.2. The minimum atomic E-state index is -0.0400. The summed E-state index contributed by atoms with van der Waals surface area (Å²) in [6, 6.07) is 7.81. The highest BCUT2D eigenvalue weighted by atomic mass is 16.1. The van der Waals surface area contributed by atoms with Gasteiger partial charge in [-0.25, -0.2) is 9.97 Å². The Labute approximate surface area is 178 Å². The van der Waals surface area contributed by atoms with E-state index in [1.807, 2.05) is 37.3 Å². The topological polar surface area (TPSA) is 127 Å². The van der Waals surface area contributed by atoms with Gasteiger partial charge in [0.2, 0.25) is 5.95 Å². The fourth-order valence-electron chi connectivity index (χ4n) is 4.01. The summed E-state index contributed by atoms with van der Waals surface area (Å²) in [5.41, 5.74) is 10.2. The van der Waals surface area contributed by atoms with Crippen LogP contribution in [0.3, 0.4) is 0 Å². The van der Waals surface area contributed by atoms with Gasteiger partial charge in [-0.3, -0.25) is 9.36 Å². The fraction of sp³-hybridized carbons (Fsp3) is 0.227. The van der Waals surface area contributed by atoms with Crippen molar-refractivity contribution < 1.29 is 0 Å². The zero-order valence-corrected chi connectivity index (χ0v) is 17.3. The Hall–Kier alpha value is -4.01. The number of para-hydroxylation sites is 1. The summed E-state index contributed by atoms with van der Waals surface area (Å²) in [6.07, 6.45) is 6.36. The van der Waals surface area contributed by atoms with Crippen molar-refractivity contribution in [1.82, 2.24) is 29.5 Å². The van der Waals surface area contributed by atoms with Crippen molar-refractivity contribution >= 4 is 29.0 Å². The van der Waals surface area contributed by atoms with Crippen LogP contribution in [-0.2, 0) is 6.54 Å². The lowest BCUT2D eigenvalue weighted by atomic mass is 9.92. The number of hydrogen-bond donors (Lipinski definition) is 3. The molecule has 3 heterocycles. The number of nitrogens with two attached hydrogens (primary N) is 1. The smallest absolute Gasteiger partial charge is 0.262 e. The maximum Gasteiger partial charge on any atom is 0.262 e. The van der Waals surface area contributed by atoms with E-state index in [4.69, 9.17) is 10.7 Å². The molecule has 5 rings (SSSR count). The van der Waals surface area contributed by atoms with Gasteiger partial charge in [-0.1, -0.05) is 31.2 Å². The molecule has 4 N–H and O–H groups in total. The Morgan fingerprint density at radius 2 is 2.10 bits per heavy atom. The molecule has 0 saturated carbocycles. The Morgan fingerprint density at radius 3 is 2.94 bits per heavy atom. The number of nitrogen functional groups attached to an aromatic ring is 1. The molecule has 0 amide bonds. The van der Waals surface area contributed by atoms with Crippen LogP contribution in [0, 0.1) is 6.92 Å². The number of benzene rings is 1. The molecule has 1 atom stereocenters. The van der Waals surface area contributed by atoms with Gasteiger partial charge in [0, 0.05) is 5.56 Å². The Balaban J connectivity index is 1.65. The molecular formula is C22H22N8O. The van der Waals surface area contributed by atoms with Crippen molar-refractivity contribution in [2.24, 2.45) is 0 Å². The van der Waals surface area contributed by atoms with Gasteiger partial charge in [0.05, 0.1) is 24.3 Å². The van der Waals surface area contributed by atoms with E-state index in [2.05, 4.69) is 38.3 Å². The first-order chi connectivity index (χ1) is 15.0. The molecule has 1 aromatic carbocycles. The van der Waals surface area contributed by atoms with Crippen LogP contribution >= 0.6 is 0 Å². The first-order valence-corrected chi connectivity index (χ1v) is 10.1. The van der Waals surface area contributed by atoms with E-state index >= 15 is 0 Å². The van der Waals surface area contributed by atoms with E-state index in [0.29, 0.717) is 22.8 Å². The van der Waals surface area contributed by atoms with E-state index in [1.54, 1.807) is 4.57 Å². The first-order valence-electron chi connectivity index (χ1n) is 10.1. The van der Waals surface area contributed by atoms with Gasteiger partial charge < -0.3 is 16.0 Å². The summed E-state index contributed by atoms with van der Waals surface area (Å²) in [5, 5.41) is 3.26. The van der Waals surface area contributed by atoms with E-state index < -0.39 is 0 Å². The lowest BCUT2D eigenvalue weighted by molar-refractivity contribution is 0.706. The van der Waals surface area contributed by atoms with Crippen LogP contribution in [0.1, 0.15) is 41.9 Å². The number of fused-ring (bicyclic) bond motifs is 2. The minimum Gasteiger partial charge on any atom is -0.368 e. The van der Waals surface area contributed by atoms with Gasteiger partial charge in [-0.05, 0) is 37.0 Å². The fourth-order valence-corrected chi connectivity index (χ4v) is 4.01. The molecule has 0 saturated heterocycles. The maximum absolute atomic E-state index is 13.6. The molecule has 1 unspecified atom stereocenters. The molecule has 0 fully saturated rings. The number of nitrogens with one attached hydrogen (secondary N) is 2. The van der Waals surface area contributed by atoms with Crippen LogP contribution in [-0.4, -0.2) is 29.5 Å². The Morgan fingerprint density at radius 1 is 1.26 bits per heavy atom. The summed E-state index contributed by atoms with van der Waals surface area (Å²) in [6.45, 7) is 4.31. The second-order valence-electron chi connectivity index (χ2n) is 7.68. The molecule has 1 aliphatic rings. The molecule has 156 valence electrons. The number of anilines is 2. The van der Waals surface area contributed by atoms with Crippen molar-refractivity contribution in [2.45, 2.75) is 32.7 Å². The predicted octanol–water partition coefficient (Wildman–Crippen LogP) is 2.92. The van der Waals surface area contributed by atoms with Crippen LogP contribution in [0.4, 0.5) is 11.8 Å². The van der Waals surface area contributed by atoms with E-state index in [9.17, 15) is 4.79 Å². The van der Waals surface area contributed by atoms with Crippen molar-refractivity contribution in [2.75, 3.05) is 11.1 Å². The van der Waals surface area contributed by atoms with Crippen molar-refractivity contribution in [3.05, 3.63) is 69.7 Å². The maximum atomic E-state index is 13.6. The zero-order chi connectivity index (χ0) is 21.5. The highest BCUT2D eigenvalue weighted by Gasteiger charge is 2.23. The zero-order valence-electron chi connectivity index (χ0n) is 17.3. The van der Waals surface area contributed by atoms with Crippen LogP contribution in [0.5, 0.6) is 0 Å². The lowest BCUT2D eigenvalue weighted by Crippen LogP contribution is -2.31. The molecule has 0 radical (unpaired) electrons. The van der Waals surface area contributed by atoms with Gasteiger partial charge >= 0.3 is 0 Å². The third-order valence-electron chi connectivity index (χ3n) is 5.55. The second kappa shape index (κ2) is 7.35. The number of nitrogens with zero attached hydrogens (tertiary/aromatic N) is 5. The molecule has 9 heteroatoms. The van der Waals surface area contributed by atoms with Gasteiger partial charge in [0.15, 0.2) is 11.5 Å². The highest BCUT2D eigenvalue weighted by Crippen LogP contribution is 2.27. The molecule has 31 heavy (non-hydrogen) atoms. The molecule has 4 aromatic rings. The number of hydrogen-bond acceptors (Lipinski definition) is 7. The molecule has 0 aliphatic heterocycles. The molecule has 1 aliphatic carbocycles. The van der Waals surface area contributed by atoms with Crippen LogP contribution in [0.15, 0.2) is 41.5 Å². The number of H-pyrrole nitrogens is 1. The molecule has 0 bridgehead atoms. The summed E-state index contributed by atoms with van der Waals surface area (Å²) in [5.74, 6) is 1.32. The number of rotatable bonds is 4. The minimum absolute atomic E-state index is 0.0400. The second-order valence-corrected chi connectivity index (χ2v) is 7.68. The summed E-state index contributed by atoms with van der Waals surface area (Å²) in [4.78, 5) is 34.1.